The molecule has 0 saturated carbocycles. The summed E-state index contributed by atoms with van der Waals surface area (Å²) in [6.45, 7) is 0.580. The largest absolute Gasteiger partial charge is 0.487 e. The van der Waals surface area contributed by atoms with Gasteiger partial charge in [-0.1, -0.05) is 41.4 Å². The lowest BCUT2D eigenvalue weighted by atomic mass is 10.2. The lowest BCUT2D eigenvalue weighted by Gasteiger charge is -2.12. The van der Waals surface area contributed by atoms with E-state index in [1.165, 1.54) is 12.1 Å². The Morgan fingerprint density at radius 3 is 2.58 bits per heavy atom. The number of hydrogen-bond acceptors (Lipinski definition) is 2. The molecule has 0 spiro atoms. The van der Waals surface area contributed by atoms with Crippen LogP contribution in [-0.2, 0) is 13.2 Å². The minimum absolute atomic E-state index is 0.0688. The molecule has 0 saturated heterocycles. The van der Waals surface area contributed by atoms with Crippen LogP contribution in [0.4, 0.5) is 4.39 Å². The first-order valence-electron chi connectivity index (χ1n) is 5.66. The Bertz CT molecular complexity index is 590. The van der Waals surface area contributed by atoms with E-state index in [-0.39, 0.29) is 11.6 Å². The van der Waals surface area contributed by atoms with Crippen LogP contribution in [0.15, 0.2) is 36.4 Å². The van der Waals surface area contributed by atoms with Gasteiger partial charge in [0.2, 0.25) is 0 Å². The molecule has 2 N–H and O–H groups in total. The van der Waals surface area contributed by atoms with Gasteiger partial charge in [-0.15, -0.1) is 0 Å². The monoisotopic (exact) mass is 299 g/mol. The smallest absolute Gasteiger partial charge is 0.142 e. The summed E-state index contributed by atoms with van der Waals surface area (Å²) in [5.74, 6) is 0.0953. The van der Waals surface area contributed by atoms with Crippen molar-refractivity contribution in [3.63, 3.8) is 0 Å². The second kappa shape index (κ2) is 6.24. The minimum atomic E-state index is -0.453. The van der Waals surface area contributed by atoms with E-state index in [0.717, 1.165) is 11.1 Å². The average Bonchev–Trinajstić information content (AvgIpc) is 2.41. The minimum Gasteiger partial charge on any atom is -0.487 e. The molecule has 5 heteroatoms. The summed E-state index contributed by atoms with van der Waals surface area (Å²) in [6, 6.07) is 9.83. The van der Waals surface area contributed by atoms with Crippen molar-refractivity contribution in [1.29, 1.82) is 0 Å². The molecule has 0 atom stereocenters. The first kappa shape index (κ1) is 14.1. The molecule has 0 aliphatic carbocycles. The third kappa shape index (κ3) is 3.38. The first-order chi connectivity index (χ1) is 9.11. The summed E-state index contributed by atoms with van der Waals surface area (Å²) in [5.41, 5.74) is 7.20. The Labute approximate surface area is 120 Å². The van der Waals surface area contributed by atoms with Gasteiger partial charge in [-0.05, 0) is 23.8 Å². The average molecular weight is 300 g/mol. The van der Waals surface area contributed by atoms with E-state index in [0.29, 0.717) is 17.3 Å². The van der Waals surface area contributed by atoms with Gasteiger partial charge in [0.1, 0.15) is 18.2 Å². The third-order valence-electron chi connectivity index (χ3n) is 2.64. The van der Waals surface area contributed by atoms with Gasteiger partial charge in [-0.25, -0.2) is 4.39 Å². The van der Waals surface area contributed by atoms with Crippen LogP contribution < -0.4 is 10.5 Å². The Morgan fingerprint density at radius 2 is 1.89 bits per heavy atom. The molecular weight excluding hydrogens is 288 g/mol. The molecule has 0 heterocycles. The number of halogens is 3. The van der Waals surface area contributed by atoms with Crippen LogP contribution >= 0.6 is 23.2 Å². The molecule has 0 amide bonds. The summed E-state index contributed by atoms with van der Waals surface area (Å²) >= 11 is 11.8. The van der Waals surface area contributed by atoms with Crippen molar-refractivity contribution in [2.24, 2.45) is 5.73 Å². The maximum Gasteiger partial charge on any atom is 0.142 e. The molecule has 2 nitrogen and oxygen atoms in total. The number of benzene rings is 2. The lowest BCUT2D eigenvalue weighted by molar-refractivity contribution is 0.303. The van der Waals surface area contributed by atoms with Crippen molar-refractivity contribution in [3.8, 4) is 5.75 Å². The van der Waals surface area contributed by atoms with E-state index < -0.39 is 5.82 Å². The van der Waals surface area contributed by atoms with E-state index in [2.05, 4.69) is 0 Å². The Hall–Kier alpha value is -1.29. The number of hydrogen-bond donors (Lipinski definition) is 1. The van der Waals surface area contributed by atoms with Crippen molar-refractivity contribution < 1.29 is 9.13 Å². The molecule has 2 aromatic carbocycles. The van der Waals surface area contributed by atoms with Crippen molar-refractivity contribution in [2.45, 2.75) is 13.2 Å². The van der Waals surface area contributed by atoms with Gasteiger partial charge >= 0.3 is 0 Å². The van der Waals surface area contributed by atoms with Crippen LogP contribution in [0, 0.1) is 5.82 Å². The quantitative estimate of drug-likeness (QED) is 0.919. The van der Waals surface area contributed by atoms with Crippen molar-refractivity contribution in [2.75, 3.05) is 0 Å². The fourth-order valence-electron chi connectivity index (χ4n) is 1.66. The van der Waals surface area contributed by atoms with Crippen LogP contribution in [0.5, 0.6) is 5.75 Å². The van der Waals surface area contributed by atoms with Crippen LogP contribution in [0.1, 0.15) is 11.1 Å². The molecule has 100 valence electrons. The highest BCUT2D eigenvalue weighted by atomic mass is 35.5. The predicted octanol–water partition coefficient (Wildman–Crippen LogP) is 4.17. The highest BCUT2D eigenvalue weighted by molar-refractivity contribution is 6.32. The van der Waals surface area contributed by atoms with Crippen LogP contribution in [0.3, 0.4) is 0 Å². The maximum atomic E-state index is 13.0. The number of rotatable bonds is 4. The van der Waals surface area contributed by atoms with Crippen LogP contribution in [-0.4, -0.2) is 0 Å². The van der Waals surface area contributed by atoms with Crippen LogP contribution in [0.25, 0.3) is 0 Å². The summed E-state index contributed by atoms with van der Waals surface area (Å²) < 4.78 is 18.7. The molecule has 0 aliphatic rings. The van der Waals surface area contributed by atoms with Gasteiger partial charge in [0.25, 0.3) is 0 Å². The third-order valence-corrected chi connectivity index (χ3v) is 3.22. The van der Waals surface area contributed by atoms with Gasteiger partial charge in [0.05, 0.1) is 10.0 Å². The molecule has 0 aliphatic heterocycles. The molecular formula is C14H12Cl2FNO. The standard InChI is InChI=1S/C14H12Cl2FNO/c15-11-3-1-2-10(7-18)14(11)19-8-9-4-5-13(17)12(16)6-9/h1-6H,7-8,18H2. The highest BCUT2D eigenvalue weighted by Gasteiger charge is 2.08. The molecule has 0 fully saturated rings. The summed E-state index contributed by atoms with van der Waals surface area (Å²) in [4.78, 5) is 0. The zero-order valence-electron chi connectivity index (χ0n) is 10.00. The van der Waals surface area contributed by atoms with Gasteiger partial charge in [-0.3, -0.25) is 0 Å². The first-order valence-corrected chi connectivity index (χ1v) is 6.41. The lowest BCUT2D eigenvalue weighted by Crippen LogP contribution is -2.03. The van der Waals surface area contributed by atoms with Crippen molar-refractivity contribution in [3.05, 3.63) is 63.4 Å². The molecule has 2 rings (SSSR count). The number of nitrogens with two attached hydrogens (primary N) is 1. The topological polar surface area (TPSA) is 35.2 Å². The zero-order valence-corrected chi connectivity index (χ0v) is 11.5. The highest BCUT2D eigenvalue weighted by Crippen LogP contribution is 2.29. The van der Waals surface area contributed by atoms with E-state index in [1.807, 2.05) is 12.1 Å². The van der Waals surface area contributed by atoms with Gasteiger partial charge in [0.15, 0.2) is 0 Å². The van der Waals surface area contributed by atoms with Gasteiger partial charge in [-0.2, -0.15) is 0 Å². The summed E-state index contributed by atoms with van der Waals surface area (Å²) in [5, 5.41) is 0.565. The van der Waals surface area contributed by atoms with Gasteiger partial charge in [0, 0.05) is 12.1 Å². The van der Waals surface area contributed by atoms with E-state index in [1.54, 1.807) is 12.1 Å². The van der Waals surface area contributed by atoms with Gasteiger partial charge < -0.3 is 10.5 Å². The Kier molecular flexibility index (Phi) is 4.64. The Balaban J connectivity index is 2.16. The molecule has 0 bridgehead atoms. The second-order valence-corrected chi connectivity index (χ2v) is 4.78. The fourth-order valence-corrected chi connectivity index (χ4v) is 2.11. The summed E-state index contributed by atoms with van der Waals surface area (Å²) in [7, 11) is 0. The molecule has 19 heavy (non-hydrogen) atoms. The van der Waals surface area contributed by atoms with Crippen molar-refractivity contribution in [1.82, 2.24) is 0 Å². The fraction of sp³-hybridized carbons (Fsp3) is 0.143. The molecule has 2 aromatic rings. The Morgan fingerprint density at radius 1 is 1.11 bits per heavy atom. The van der Waals surface area contributed by atoms with E-state index >= 15 is 0 Å². The summed E-state index contributed by atoms with van der Waals surface area (Å²) in [6.07, 6.45) is 0. The van der Waals surface area contributed by atoms with Crippen LogP contribution in [0.2, 0.25) is 10.0 Å². The second-order valence-electron chi connectivity index (χ2n) is 3.97. The van der Waals surface area contributed by atoms with Crippen molar-refractivity contribution >= 4 is 23.2 Å². The van der Waals surface area contributed by atoms with E-state index in [9.17, 15) is 4.39 Å². The van der Waals surface area contributed by atoms with E-state index in [4.69, 9.17) is 33.7 Å². The number of ether oxygens (including phenoxy) is 1. The zero-order chi connectivity index (χ0) is 13.8. The SMILES string of the molecule is NCc1cccc(Cl)c1OCc1ccc(F)c(Cl)c1. The molecule has 0 unspecified atom stereocenters. The maximum absolute atomic E-state index is 13.0. The molecule has 0 radical (unpaired) electrons. The predicted molar refractivity (Wildman–Crippen MR) is 75.1 cm³/mol. The molecule has 0 aromatic heterocycles. The number of para-hydroxylation sites is 1. The normalized spacial score (nSPS) is 10.5.